The van der Waals surface area contributed by atoms with E-state index >= 15 is 0 Å². The number of hydrogen-bond acceptors (Lipinski definition) is 5. The molecule has 0 spiro atoms. The molecule has 0 saturated carbocycles. The lowest BCUT2D eigenvalue weighted by Crippen LogP contribution is -2.22. The van der Waals surface area contributed by atoms with Gasteiger partial charge in [-0.05, 0) is 38.9 Å². The maximum Gasteiger partial charge on any atom is 0.185 e. The quantitative estimate of drug-likeness (QED) is 0.808. The minimum Gasteiger partial charge on any atom is -0.342 e. The molecule has 5 heteroatoms. The van der Waals surface area contributed by atoms with Gasteiger partial charge in [0.05, 0.1) is 12.2 Å². The molecule has 0 aliphatic heterocycles. The predicted octanol–water partition coefficient (Wildman–Crippen LogP) is 3.63. The van der Waals surface area contributed by atoms with Crippen LogP contribution in [0, 0.1) is 0 Å². The van der Waals surface area contributed by atoms with Crippen LogP contribution in [0.2, 0.25) is 0 Å². The van der Waals surface area contributed by atoms with Crippen LogP contribution in [0.3, 0.4) is 0 Å². The van der Waals surface area contributed by atoms with Crippen LogP contribution in [0.1, 0.15) is 43.8 Å². The maximum absolute atomic E-state index is 4.59. The number of pyridine rings is 1. The molecule has 0 saturated heterocycles. The van der Waals surface area contributed by atoms with Crippen LogP contribution in [0.25, 0.3) is 0 Å². The summed E-state index contributed by atoms with van der Waals surface area (Å²) >= 11 is 1.77. The molecular formula is C16H24N4S. The Morgan fingerprint density at radius 3 is 2.81 bits per heavy atom. The van der Waals surface area contributed by atoms with Crippen LogP contribution in [-0.4, -0.2) is 23.1 Å². The zero-order valence-electron chi connectivity index (χ0n) is 13.0. The van der Waals surface area contributed by atoms with Gasteiger partial charge in [0.1, 0.15) is 0 Å². The van der Waals surface area contributed by atoms with E-state index in [9.17, 15) is 0 Å². The van der Waals surface area contributed by atoms with E-state index in [-0.39, 0.29) is 0 Å². The van der Waals surface area contributed by atoms with Gasteiger partial charge in [0, 0.05) is 29.9 Å². The number of aromatic nitrogens is 2. The lowest BCUT2D eigenvalue weighted by molar-refractivity contribution is 0.577. The van der Waals surface area contributed by atoms with Crippen molar-refractivity contribution in [3.8, 4) is 0 Å². The molecule has 2 aromatic heterocycles. The zero-order valence-corrected chi connectivity index (χ0v) is 13.9. The monoisotopic (exact) mass is 304 g/mol. The van der Waals surface area contributed by atoms with E-state index in [1.165, 1.54) is 4.88 Å². The molecule has 1 N–H and O–H groups in total. The van der Waals surface area contributed by atoms with Gasteiger partial charge < -0.3 is 10.2 Å². The van der Waals surface area contributed by atoms with Gasteiger partial charge in [-0.2, -0.15) is 0 Å². The second-order valence-corrected chi connectivity index (χ2v) is 6.10. The third-order valence-electron chi connectivity index (χ3n) is 3.37. The molecule has 0 radical (unpaired) electrons. The number of anilines is 1. The van der Waals surface area contributed by atoms with E-state index in [1.54, 1.807) is 11.3 Å². The van der Waals surface area contributed by atoms with E-state index < -0.39 is 0 Å². The van der Waals surface area contributed by atoms with Crippen molar-refractivity contribution in [2.45, 2.75) is 39.8 Å². The van der Waals surface area contributed by atoms with E-state index in [4.69, 9.17) is 0 Å². The van der Waals surface area contributed by atoms with Crippen LogP contribution in [0.4, 0.5) is 5.13 Å². The smallest absolute Gasteiger partial charge is 0.185 e. The summed E-state index contributed by atoms with van der Waals surface area (Å²) in [4.78, 5) is 12.5. The summed E-state index contributed by atoms with van der Waals surface area (Å²) in [6.45, 7) is 9.31. The maximum atomic E-state index is 4.59. The van der Waals surface area contributed by atoms with Crippen LogP contribution in [0.5, 0.6) is 0 Å². The summed E-state index contributed by atoms with van der Waals surface area (Å²) in [5, 5.41) is 4.58. The van der Waals surface area contributed by atoms with Crippen molar-refractivity contribution in [1.29, 1.82) is 0 Å². The molecule has 21 heavy (non-hydrogen) atoms. The topological polar surface area (TPSA) is 41.1 Å². The van der Waals surface area contributed by atoms with Crippen LogP contribution in [0.15, 0.2) is 30.6 Å². The summed E-state index contributed by atoms with van der Waals surface area (Å²) in [6, 6.07) is 6.40. The molecule has 2 aromatic rings. The van der Waals surface area contributed by atoms with Gasteiger partial charge >= 0.3 is 0 Å². The molecule has 0 bridgehead atoms. The summed E-state index contributed by atoms with van der Waals surface area (Å²) in [6.07, 6.45) is 4.98. The van der Waals surface area contributed by atoms with Crippen molar-refractivity contribution in [1.82, 2.24) is 15.3 Å². The van der Waals surface area contributed by atoms with Gasteiger partial charge in [0.25, 0.3) is 0 Å². The first-order chi connectivity index (χ1) is 10.2. The highest BCUT2D eigenvalue weighted by atomic mass is 32.1. The molecular weight excluding hydrogens is 280 g/mol. The molecule has 4 nitrogen and oxygen atoms in total. The normalized spacial score (nSPS) is 12.3. The number of nitrogens with one attached hydrogen (secondary N) is 1. The molecule has 114 valence electrons. The Morgan fingerprint density at radius 2 is 2.14 bits per heavy atom. The van der Waals surface area contributed by atoms with Crippen molar-refractivity contribution in [3.05, 3.63) is 41.2 Å². The standard InChI is InChI=1S/C16H24N4S/c1-4-9-17-13(3)15-11-19-16(21-15)20(5-2)12-14-8-6-7-10-18-14/h6-8,10-11,13,17H,4-5,9,12H2,1-3H3. The first kappa shape index (κ1) is 15.9. The molecule has 0 fully saturated rings. The minimum absolute atomic E-state index is 0.366. The fraction of sp³-hybridized carbons (Fsp3) is 0.500. The summed E-state index contributed by atoms with van der Waals surface area (Å²) in [5.74, 6) is 0. The van der Waals surface area contributed by atoms with Crippen molar-refractivity contribution in [2.24, 2.45) is 0 Å². The van der Waals surface area contributed by atoms with Crippen LogP contribution >= 0.6 is 11.3 Å². The predicted molar refractivity (Wildman–Crippen MR) is 89.8 cm³/mol. The van der Waals surface area contributed by atoms with Crippen LogP contribution in [-0.2, 0) is 6.54 Å². The van der Waals surface area contributed by atoms with E-state index in [0.717, 1.165) is 36.9 Å². The van der Waals surface area contributed by atoms with Gasteiger partial charge in [0.15, 0.2) is 5.13 Å². The Balaban J connectivity index is 2.04. The highest BCUT2D eigenvalue weighted by Gasteiger charge is 2.13. The Hall–Kier alpha value is -1.46. The van der Waals surface area contributed by atoms with Crippen molar-refractivity contribution >= 4 is 16.5 Å². The van der Waals surface area contributed by atoms with Gasteiger partial charge in [-0.25, -0.2) is 4.98 Å². The van der Waals surface area contributed by atoms with E-state index in [0.29, 0.717) is 6.04 Å². The molecule has 1 atom stereocenters. The van der Waals surface area contributed by atoms with Gasteiger partial charge in [-0.15, -0.1) is 11.3 Å². The highest BCUT2D eigenvalue weighted by Crippen LogP contribution is 2.27. The summed E-state index contributed by atoms with van der Waals surface area (Å²) in [5.41, 5.74) is 1.08. The first-order valence-corrected chi connectivity index (χ1v) is 8.40. The van der Waals surface area contributed by atoms with Crippen molar-refractivity contribution < 1.29 is 0 Å². The lowest BCUT2D eigenvalue weighted by atomic mass is 10.3. The number of hydrogen-bond donors (Lipinski definition) is 1. The van der Waals surface area contributed by atoms with E-state index in [2.05, 4.69) is 47.0 Å². The third-order valence-corrected chi connectivity index (χ3v) is 4.61. The molecule has 2 rings (SSSR count). The summed E-state index contributed by atoms with van der Waals surface area (Å²) in [7, 11) is 0. The van der Waals surface area contributed by atoms with Crippen LogP contribution < -0.4 is 10.2 Å². The highest BCUT2D eigenvalue weighted by molar-refractivity contribution is 7.15. The van der Waals surface area contributed by atoms with E-state index in [1.807, 2.05) is 24.5 Å². The Kier molecular flexibility index (Phi) is 6.14. The Labute approximate surface area is 131 Å². The van der Waals surface area contributed by atoms with Crippen molar-refractivity contribution in [3.63, 3.8) is 0 Å². The van der Waals surface area contributed by atoms with Gasteiger partial charge in [-0.3, -0.25) is 4.98 Å². The van der Waals surface area contributed by atoms with Gasteiger partial charge in [0.2, 0.25) is 0 Å². The lowest BCUT2D eigenvalue weighted by Gasteiger charge is -2.19. The minimum atomic E-state index is 0.366. The fourth-order valence-corrected chi connectivity index (χ4v) is 3.09. The average molecular weight is 304 g/mol. The second kappa shape index (κ2) is 8.10. The first-order valence-electron chi connectivity index (χ1n) is 7.58. The zero-order chi connectivity index (χ0) is 15.1. The molecule has 0 amide bonds. The molecule has 0 aliphatic rings. The number of thiazole rings is 1. The van der Waals surface area contributed by atoms with Gasteiger partial charge in [-0.1, -0.05) is 13.0 Å². The molecule has 0 aromatic carbocycles. The Morgan fingerprint density at radius 1 is 1.29 bits per heavy atom. The largest absolute Gasteiger partial charge is 0.342 e. The molecule has 2 heterocycles. The number of rotatable bonds is 8. The SMILES string of the molecule is CCCNC(C)c1cnc(N(CC)Cc2ccccn2)s1. The number of nitrogens with zero attached hydrogens (tertiary/aromatic N) is 3. The average Bonchev–Trinajstić information content (AvgIpc) is 3.01. The second-order valence-electron chi connectivity index (χ2n) is 5.06. The third kappa shape index (κ3) is 4.51. The van der Waals surface area contributed by atoms with Crippen molar-refractivity contribution in [2.75, 3.05) is 18.0 Å². The molecule has 1 unspecified atom stereocenters. The Bertz CT molecular complexity index is 526. The fourth-order valence-electron chi connectivity index (χ4n) is 2.09. The molecule has 0 aliphatic carbocycles. The summed E-state index contributed by atoms with van der Waals surface area (Å²) < 4.78 is 0.